The van der Waals surface area contributed by atoms with Crippen molar-refractivity contribution in [2.75, 3.05) is 5.73 Å². The number of nitrogens with zero attached hydrogens (tertiary/aromatic N) is 3. The molecule has 6 nitrogen and oxygen atoms in total. The second-order valence-corrected chi connectivity index (χ2v) is 5.07. The van der Waals surface area contributed by atoms with Crippen LogP contribution in [0, 0.1) is 10.1 Å². The molecule has 1 aromatic carbocycles. The number of non-ortho nitro benzene ring substituents is 1. The fraction of sp³-hybridized carbons (Fsp3) is 0. The highest BCUT2D eigenvalue weighted by Crippen LogP contribution is 2.27. The van der Waals surface area contributed by atoms with E-state index < -0.39 is 4.92 Å². The number of anilines is 1. The number of rotatable bonds is 3. The van der Waals surface area contributed by atoms with Gasteiger partial charge in [0.05, 0.1) is 15.5 Å². The Balaban J connectivity index is 2.07. The van der Waals surface area contributed by atoms with Crippen LogP contribution in [0.1, 0.15) is 0 Å². The first-order valence-corrected chi connectivity index (χ1v) is 6.67. The molecule has 0 aliphatic heterocycles. The van der Waals surface area contributed by atoms with E-state index in [1.165, 1.54) is 16.8 Å². The van der Waals surface area contributed by atoms with Gasteiger partial charge in [-0.2, -0.15) is 5.10 Å². The maximum absolute atomic E-state index is 10.8. The van der Waals surface area contributed by atoms with Crippen molar-refractivity contribution in [1.82, 2.24) is 9.78 Å². The van der Waals surface area contributed by atoms with Crippen molar-refractivity contribution < 1.29 is 4.92 Å². The number of nitro groups is 1. The standard InChI is InChI=1S/C13H10N4O2S/c14-13-8-11(12-5-2-6-20-12)15-16(13)9-3-1-4-10(7-9)17(18)19/h1-8H,14H2. The lowest BCUT2D eigenvalue weighted by molar-refractivity contribution is -0.384. The quantitative estimate of drug-likeness (QED) is 0.592. The van der Waals surface area contributed by atoms with Crippen molar-refractivity contribution >= 4 is 22.8 Å². The fourth-order valence-electron chi connectivity index (χ4n) is 1.89. The molecule has 3 aromatic rings. The molecule has 20 heavy (non-hydrogen) atoms. The van der Waals surface area contributed by atoms with Crippen LogP contribution in [-0.4, -0.2) is 14.7 Å². The smallest absolute Gasteiger partial charge is 0.271 e. The predicted molar refractivity (Wildman–Crippen MR) is 77.9 cm³/mol. The lowest BCUT2D eigenvalue weighted by Gasteiger charge is -2.03. The second kappa shape index (κ2) is 4.78. The van der Waals surface area contributed by atoms with Gasteiger partial charge in [0.1, 0.15) is 11.5 Å². The van der Waals surface area contributed by atoms with Crippen LogP contribution in [-0.2, 0) is 0 Å². The Morgan fingerprint density at radius 3 is 2.80 bits per heavy atom. The molecule has 2 heterocycles. The normalized spacial score (nSPS) is 10.6. The highest BCUT2D eigenvalue weighted by Gasteiger charge is 2.12. The number of nitrogen functional groups attached to an aromatic ring is 1. The summed E-state index contributed by atoms with van der Waals surface area (Å²) in [7, 11) is 0. The summed E-state index contributed by atoms with van der Waals surface area (Å²) in [6, 6.07) is 11.9. The molecule has 0 saturated carbocycles. The average Bonchev–Trinajstić information content (AvgIpc) is 3.07. The Kier molecular flexibility index (Phi) is 2.96. The zero-order chi connectivity index (χ0) is 14.1. The van der Waals surface area contributed by atoms with Gasteiger partial charge in [-0.3, -0.25) is 10.1 Å². The minimum absolute atomic E-state index is 0.00933. The molecule has 0 fully saturated rings. The molecule has 7 heteroatoms. The summed E-state index contributed by atoms with van der Waals surface area (Å²) in [5, 5.41) is 17.2. The first-order valence-electron chi connectivity index (χ1n) is 5.79. The minimum atomic E-state index is -0.441. The molecule has 100 valence electrons. The Bertz CT molecular complexity index is 765. The lowest BCUT2D eigenvalue weighted by Crippen LogP contribution is -2.02. The van der Waals surface area contributed by atoms with Gasteiger partial charge in [0.25, 0.3) is 5.69 Å². The van der Waals surface area contributed by atoms with Crippen LogP contribution in [0.5, 0.6) is 0 Å². The highest BCUT2D eigenvalue weighted by atomic mass is 32.1. The SMILES string of the molecule is Nc1cc(-c2cccs2)nn1-c1cccc([N+](=O)[O-])c1. The summed E-state index contributed by atoms with van der Waals surface area (Å²) in [5.41, 5.74) is 7.27. The van der Waals surface area contributed by atoms with E-state index in [0.717, 1.165) is 10.6 Å². The summed E-state index contributed by atoms with van der Waals surface area (Å²) in [4.78, 5) is 11.4. The third kappa shape index (κ3) is 2.14. The number of hydrogen-bond donors (Lipinski definition) is 1. The molecule has 2 aromatic heterocycles. The van der Waals surface area contributed by atoms with Gasteiger partial charge in [0.15, 0.2) is 0 Å². The highest BCUT2D eigenvalue weighted by molar-refractivity contribution is 7.13. The molecule has 0 aliphatic carbocycles. The Morgan fingerprint density at radius 1 is 1.25 bits per heavy atom. The number of aromatic nitrogens is 2. The average molecular weight is 286 g/mol. The predicted octanol–water partition coefficient (Wildman–Crippen LogP) is 3.09. The molecule has 0 saturated heterocycles. The molecule has 3 rings (SSSR count). The summed E-state index contributed by atoms with van der Waals surface area (Å²) < 4.78 is 1.50. The van der Waals surface area contributed by atoms with Crippen LogP contribution >= 0.6 is 11.3 Å². The largest absolute Gasteiger partial charge is 0.384 e. The van der Waals surface area contributed by atoms with Crippen molar-refractivity contribution in [2.45, 2.75) is 0 Å². The summed E-state index contributed by atoms with van der Waals surface area (Å²) in [6.45, 7) is 0. The van der Waals surface area contributed by atoms with Crippen LogP contribution in [0.25, 0.3) is 16.3 Å². The molecule has 0 unspecified atom stereocenters. The van der Waals surface area contributed by atoms with E-state index in [2.05, 4.69) is 5.10 Å². The zero-order valence-electron chi connectivity index (χ0n) is 10.3. The first kappa shape index (κ1) is 12.4. The van der Waals surface area contributed by atoms with Gasteiger partial charge in [0.2, 0.25) is 0 Å². The van der Waals surface area contributed by atoms with Gasteiger partial charge in [-0.15, -0.1) is 11.3 Å². The van der Waals surface area contributed by atoms with Crippen LogP contribution in [0.2, 0.25) is 0 Å². The monoisotopic (exact) mass is 286 g/mol. The van der Waals surface area contributed by atoms with E-state index in [1.807, 2.05) is 17.5 Å². The topological polar surface area (TPSA) is 87.0 Å². The van der Waals surface area contributed by atoms with E-state index in [1.54, 1.807) is 29.5 Å². The van der Waals surface area contributed by atoms with Crippen LogP contribution in [0.15, 0.2) is 47.8 Å². The maximum Gasteiger partial charge on any atom is 0.271 e. The molecule has 0 bridgehead atoms. The Morgan fingerprint density at radius 2 is 2.10 bits per heavy atom. The summed E-state index contributed by atoms with van der Waals surface area (Å²) in [5.74, 6) is 0.439. The maximum atomic E-state index is 10.8. The molecular weight excluding hydrogens is 276 g/mol. The van der Waals surface area contributed by atoms with Crippen molar-refractivity contribution in [3.05, 3.63) is 58.0 Å². The van der Waals surface area contributed by atoms with Gasteiger partial charge in [0, 0.05) is 18.2 Å². The summed E-state index contributed by atoms with van der Waals surface area (Å²) in [6.07, 6.45) is 0. The number of benzene rings is 1. The van der Waals surface area contributed by atoms with Crippen molar-refractivity contribution in [1.29, 1.82) is 0 Å². The van der Waals surface area contributed by atoms with Crippen molar-refractivity contribution in [2.24, 2.45) is 0 Å². The second-order valence-electron chi connectivity index (χ2n) is 4.12. The van der Waals surface area contributed by atoms with E-state index in [0.29, 0.717) is 11.5 Å². The van der Waals surface area contributed by atoms with E-state index in [9.17, 15) is 10.1 Å². The summed E-state index contributed by atoms with van der Waals surface area (Å²) >= 11 is 1.56. The van der Waals surface area contributed by atoms with Gasteiger partial charge in [-0.25, -0.2) is 4.68 Å². The van der Waals surface area contributed by atoms with Gasteiger partial charge in [-0.1, -0.05) is 12.1 Å². The molecule has 0 spiro atoms. The minimum Gasteiger partial charge on any atom is -0.384 e. The molecular formula is C13H10N4O2S. The Labute approximate surface area is 118 Å². The molecule has 0 atom stereocenters. The first-order chi connectivity index (χ1) is 9.65. The van der Waals surface area contributed by atoms with Gasteiger partial charge in [-0.05, 0) is 17.5 Å². The third-order valence-corrected chi connectivity index (χ3v) is 3.69. The Hall–Kier alpha value is -2.67. The number of hydrogen-bond acceptors (Lipinski definition) is 5. The molecule has 2 N–H and O–H groups in total. The van der Waals surface area contributed by atoms with E-state index in [4.69, 9.17) is 5.73 Å². The number of thiophene rings is 1. The van der Waals surface area contributed by atoms with Gasteiger partial charge >= 0.3 is 0 Å². The fourth-order valence-corrected chi connectivity index (χ4v) is 2.57. The number of nitro benzene ring substituents is 1. The molecule has 0 amide bonds. The number of nitrogens with two attached hydrogens (primary N) is 1. The van der Waals surface area contributed by atoms with Crippen LogP contribution in [0.4, 0.5) is 11.5 Å². The van der Waals surface area contributed by atoms with Crippen molar-refractivity contribution in [3.8, 4) is 16.3 Å². The lowest BCUT2D eigenvalue weighted by atomic mass is 10.3. The third-order valence-electron chi connectivity index (χ3n) is 2.80. The van der Waals surface area contributed by atoms with Gasteiger partial charge < -0.3 is 5.73 Å². The van der Waals surface area contributed by atoms with Crippen molar-refractivity contribution in [3.63, 3.8) is 0 Å². The van der Waals surface area contributed by atoms with E-state index in [-0.39, 0.29) is 5.69 Å². The van der Waals surface area contributed by atoms with Crippen LogP contribution < -0.4 is 5.73 Å². The molecule has 0 aliphatic rings. The zero-order valence-corrected chi connectivity index (χ0v) is 11.1. The van der Waals surface area contributed by atoms with Crippen LogP contribution in [0.3, 0.4) is 0 Å². The van der Waals surface area contributed by atoms with E-state index >= 15 is 0 Å². The molecule has 0 radical (unpaired) electrons.